The predicted molar refractivity (Wildman–Crippen MR) is 59.9 cm³/mol. The summed E-state index contributed by atoms with van der Waals surface area (Å²) < 4.78 is 1.78. The molecule has 1 aromatic rings. The molecule has 15 heavy (non-hydrogen) atoms. The molecule has 0 saturated heterocycles. The van der Waals surface area contributed by atoms with Gasteiger partial charge in [-0.15, -0.1) is 0 Å². The summed E-state index contributed by atoms with van der Waals surface area (Å²) in [4.78, 5) is 0. The van der Waals surface area contributed by atoms with E-state index in [1.807, 2.05) is 7.05 Å². The van der Waals surface area contributed by atoms with Crippen LogP contribution in [0.1, 0.15) is 49.3 Å². The molecule has 3 nitrogen and oxygen atoms in total. The van der Waals surface area contributed by atoms with Crippen LogP contribution in [0.4, 0.5) is 0 Å². The lowest BCUT2D eigenvalue weighted by Crippen LogP contribution is -2.23. The zero-order valence-electron chi connectivity index (χ0n) is 8.96. The van der Waals surface area contributed by atoms with Gasteiger partial charge in [0.25, 0.3) is 0 Å². The molecule has 2 aliphatic carbocycles. The Labute approximate surface area is 94.6 Å². The van der Waals surface area contributed by atoms with Crippen LogP contribution in [0.5, 0.6) is 0 Å². The van der Waals surface area contributed by atoms with Crippen LogP contribution in [-0.4, -0.2) is 9.78 Å². The lowest BCUT2D eigenvalue weighted by Gasteiger charge is -2.25. The van der Waals surface area contributed by atoms with Crippen LogP contribution in [-0.2, 0) is 12.6 Å². The minimum atomic E-state index is -0.156. The van der Waals surface area contributed by atoms with Crippen LogP contribution in [0.15, 0.2) is 0 Å². The van der Waals surface area contributed by atoms with Gasteiger partial charge in [-0.05, 0) is 25.7 Å². The van der Waals surface area contributed by atoms with Gasteiger partial charge in [0.15, 0.2) is 0 Å². The first-order valence-corrected chi connectivity index (χ1v) is 6.01. The van der Waals surface area contributed by atoms with Crippen molar-refractivity contribution in [2.45, 2.75) is 43.6 Å². The molecule has 4 heteroatoms. The first-order chi connectivity index (χ1) is 7.12. The van der Waals surface area contributed by atoms with Gasteiger partial charge in [0.1, 0.15) is 5.15 Å². The van der Waals surface area contributed by atoms with E-state index in [9.17, 15) is 0 Å². The first kappa shape index (κ1) is 9.67. The largest absolute Gasteiger partial charge is 0.321 e. The molecule has 0 aliphatic heterocycles. The molecule has 3 rings (SSSR count). The third-order valence-electron chi connectivity index (χ3n) is 3.78. The average Bonchev–Trinajstić information content (AvgIpc) is 2.74. The summed E-state index contributed by atoms with van der Waals surface area (Å²) in [6.45, 7) is 0. The van der Waals surface area contributed by atoms with Gasteiger partial charge in [-0.1, -0.05) is 18.0 Å². The fraction of sp³-hybridized carbons (Fsp3) is 0.727. The Balaban J connectivity index is 2.08. The maximum Gasteiger partial charge on any atom is 0.132 e. The molecule has 2 aliphatic rings. The van der Waals surface area contributed by atoms with Crippen molar-refractivity contribution >= 4 is 11.6 Å². The molecule has 0 unspecified atom stereocenters. The second-order valence-electron chi connectivity index (χ2n) is 4.96. The Kier molecular flexibility index (Phi) is 1.92. The van der Waals surface area contributed by atoms with Gasteiger partial charge in [0.2, 0.25) is 0 Å². The summed E-state index contributed by atoms with van der Waals surface area (Å²) in [6, 6.07) is 0. The van der Waals surface area contributed by atoms with E-state index in [1.54, 1.807) is 4.68 Å². The van der Waals surface area contributed by atoms with E-state index in [2.05, 4.69) is 5.10 Å². The number of rotatable bonds is 2. The fourth-order valence-corrected chi connectivity index (χ4v) is 2.66. The van der Waals surface area contributed by atoms with Crippen molar-refractivity contribution in [3.63, 3.8) is 0 Å². The summed E-state index contributed by atoms with van der Waals surface area (Å²) in [6.07, 6.45) is 5.92. The van der Waals surface area contributed by atoms with Gasteiger partial charge >= 0.3 is 0 Å². The van der Waals surface area contributed by atoms with Crippen molar-refractivity contribution < 1.29 is 0 Å². The molecular formula is C11H16ClN3. The summed E-state index contributed by atoms with van der Waals surface area (Å²) >= 11 is 6.28. The van der Waals surface area contributed by atoms with Crippen molar-refractivity contribution in [1.29, 1.82) is 0 Å². The highest BCUT2D eigenvalue weighted by atomic mass is 35.5. The first-order valence-electron chi connectivity index (χ1n) is 5.63. The molecule has 82 valence electrons. The molecule has 1 aromatic heterocycles. The van der Waals surface area contributed by atoms with E-state index in [0.717, 1.165) is 23.6 Å². The Hall–Kier alpha value is -0.540. The zero-order valence-corrected chi connectivity index (χ0v) is 9.72. The SMILES string of the molecule is Cn1nc(C2CCC2)c(C2(N)CC2)c1Cl. The maximum atomic E-state index is 6.28. The summed E-state index contributed by atoms with van der Waals surface area (Å²) in [7, 11) is 1.90. The molecule has 0 amide bonds. The smallest absolute Gasteiger partial charge is 0.132 e. The van der Waals surface area contributed by atoms with E-state index in [-0.39, 0.29) is 5.54 Å². The van der Waals surface area contributed by atoms with Gasteiger partial charge in [0.05, 0.1) is 5.69 Å². The number of hydrogen-bond donors (Lipinski definition) is 1. The molecule has 0 radical (unpaired) electrons. The molecule has 0 atom stereocenters. The third kappa shape index (κ3) is 1.33. The summed E-state index contributed by atoms with van der Waals surface area (Å²) in [5, 5.41) is 5.29. The van der Waals surface area contributed by atoms with E-state index >= 15 is 0 Å². The maximum absolute atomic E-state index is 6.28. The van der Waals surface area contributed by atoms with Gasteiger partial charge in [-0.25, -0.2) is 0 Å². The number of halogens is 1. The summed E-state index contributed by atoms with van der Waals surface area (Å²) in [5.41, 5.74) is 8.42. The molecule has 0 bridgehead atoms. The highest BCUT2D eigenvalue weighted by Gasteiger charge is 2.46. The lowest BCUT2D eigenvalue weighted by atomic mass is 9.80. The van der Waals surface area contributed by atoms with Crippen LogP contribution in [0, 0.1) is 0 Å². The van der Waals surface area contributed by atoms with E-state index in [4.69, 9.17) is 17.3 Å². The minimum absolute atomic E-state index is 0.156. The van der Waals surface area contributed by atoms with Gasteiger partial charge < -0.3 is 5.73 Å². The number of nitrogens with two attached hydrogens (primary N) is 1. The Morgan fingerprint density at radius 3 is 2.60 bits per heavy atom. The van der Waals surface area contributed by atoms with Crippen LogP contribution in [0.3, 0.4) is 0 Å². The van der Waals surface area contributed by atoms with Crippen molar-refractivity contribution in [2.24, 2.45) is 12.8 Å². The number of hydrogen-bond acceptors (Lipinski definition) is 2. The minimum Gasteiger partial charge on any atom is -0.321 e. The molecule has 2 fully saturated rings. The topological polar surface area (TPSA) is 43.8 Å². The van der Waals surface area contributed by atoms with Gasteiger partial charge in [-0.3, -0.25) is 4.68 Å². The fourth-order valence-electron chi connectivity index (χ4n) is 2.34. The van der Waals surface area contributed by atoms with E-state index < -0.39 is 0 Å². The zero-order chi connectivity index (χ0) is 10.6. The molecule has 0 aromatic carbocycles. The summed E-state index contributed by atoms with van der Waals surface area (Å²) in [5.74, 6) is 0.611. The average molecular weight is 226 g/mol. The molecule has 1 heterocycles. The van der Waals surface area contributed by atoms with Crippen LogP contribution < -0.4 is 5.73 Å². The Morgan fingerprint density at radius 1 is 1.47 bits per heavy atom. The van der Waals surface area contributed by atoms with Crippen molar-refractivity contribution in [3.05, 3.63) is 16.4 Å². The van der Waals surface area contributed by atoms with Gasteiger partial charge in [0, 0.05) is 24.1 Å². The molecule has 0 spiro atoms. The molecule has 2 N–H and O–H groups in total. The van der Waals surface area contributed by atoms with E-state index in [0.29, 0.717) is 5.92 Å². The predicted octanol–water partition coefficient (Wildman–Crippen LogP) is 2.29. The highest BCUT2D eigenvalue weighted by Crippen LogP contribution is 2.50. The number of nitrogens with zero attached hydrogens (tertiary/aromatic N) is 2. The number of aryl methyl sites for hydroxylation is 1. The normalized spacial score (nSPS) is 23.9. The third-order valence-corrected chi connectivity index (χ3v) is 4.22. The van der Waals surface area contributed by atoms with Crippen LogP contribution in [0.2, 0.25) is 5.15 Å². The Morgan fingerprint density at radius 2 is 2.13 bits per heavy atom. The van der Waals surface area contributed by atoms with Crippen molar-refractivity contribution in [1.82, 2.24) is 9.78 Å². The monoisotopic (exact) mass is 225 g/mol. The van der Waals surface area contributed by atoms with Gasteiger partial charge in [-0.2, -0.15) is 5.10 Å². The van der Waals surface area contributed by atoms with Crippen molar-refractivity contribution in [3.8, 4) is 0 Å². The van der Waals surface area contributed by atoms with Crippen molar-refractivity contribution in [2.75, 3.05) is 0 Å². The standard InChI is InChI=1S/C11H16ClN3/c1-15-10(12)8(11(13)5-6-11)9(14-15)7-3-2-4-7/h7H,2-6,13H2,1H3. The van der Waals surface area contributed by atoms with Crippen LogP contribution >= 0.6 is 11.6 Å². The molecule has 2 saturated carbocycles. The van der Waals surface area contributed by atoms with Crippen LogP contribution in [0.25, 0.3) is 0 Å². The second-order valence-corrected chi connectivity index (χ2v) is 5.32. The quantitative estimate of drug-likeness (QED) is 0.840. The highest BCUT2D eigenvalue weighted by molar-refractivity contribution is 6.30. The van der Waals surface area contributed by atoms with E-state index in [1.165, 1.54) is 25.0 Å². The second kappa shape index (κ2) is 2.98. The Bertz CT molecular complexity index is 402. The molecular weight excluding hydrogens is 210 g/mol. The number of aromatic nitrogens is 2. The lowest BCUT2D eigenvalue weighted by molar-refractivity contribution is 0.403.